The van der Waals surface area contributed by atoms with Crippen LogP contribution in [0.2, 0.25) is 0 Å². The maximum absolute atomic E-state index is 12.3. The fourth-order valence-corrected chi connectivity index (χ4v) is 2.78. The highest BCUT2D eigenvalue weighted by Crippen LogP contribution is 2.20. The smallest absolute Gasteiger partial charge is 0.240 e. The molecular weight excluding hydrogens is 358 g/mol. The van der Waals surface area contributed by atoms with Gasteiger partial charge in [0, 0.05) is 31.8 Å². The van der Waals surface area contributed by atoms with Crippen LogP contribution in [0.3, 0.4) is 0 Å². The van der Waals surface area contributed by atoms with Crippen LogP contribution in [0.15, 0.2) is 48.5 Å². The number of para-hydroxylation sites is 1. The Balaban J connectivity index is 1.97. The zero-order valence-corrected chi connectivity index (χ0v) is 16.3. The molecule has 0 aliphatic rings. The fraction of sp³-hybridized carbons (Fsp3) is 0.286. The third-order valence-corrected chi connectivity index (χ3v) is 4.07. The number of amides is 3. The number of nitrogens with one attached hydrogen (secondary N) is 2. The molecule has 0 aliphatic carbocycles. The lowest BCUT2D eigenvalue weighted by molar-refractivity contribution is -0.123. The van der Waals surface area contributed by atoms with Crippen molar-refractivity contribution < 1.29 is 19.1 Å². The molecule has 0 saturated heterocycles. The molecule has 2 aromatic rings. The number of anilines is 2. The molecule has 0 heterocycles. The van der Waals surface area contributed by atoms with Gasteiger partial charge in [-0.05, 0) is 36.2 Å². The second-order valence-electron chi connectivity index (χ2n) is 6.25. The summed E-state index contributed by atoms with van der Waals surface area (Å²) in [6.45, 7) is 3.12. The minimum atomic E-state index is -0.268. The standard InChI is InChI=1S/C21H25N3O4/c1-15(25)23-18-8-6-9-19(13-18)24(16(2)26)14-21(27)22-12-11-17-7-4-5-10-20(17)28-3/h4-10,13H,11-12,14H2,1-3H3,(H,22,27)(H,23,25). The molecule has 0 atom stereocenters. The van der Waals surface area contributed by atoms with Crippen LogP contribution >= 0.6 is 0 Å². The molecule has 0 fully saturated rings. The number of hydrogen-bond donors (Lipinski definition) is 2. The first-order valence-corrected chi connectivity index (χ1v) is 8.95. The van der Waals surface area contributed by atoms with Crippen LogP contribution in [0.1, 0.15) is 19.4 Å². The average Bonchev–Trinajstić information content (AvgIpc) is 2.66. The third kappa shape index (κ3) is 6.12. The first-order valence-electron chi connectivity index (χ1n) is 8.95. The Bertz CT molecular complexity index is 851. The lowest BCUT2D eigenvalue weighted by Gasteiger charge is -2.21. The Kier molecular flexibility index (Phi) is 7.56. The Morgan fingerprint density at radius 1 is 1.04 bits per heavy atom. The van der Waals surface area contributed by atoms with Crippen LogP contribution in [-0.4, -0.2) is 37.9 Å². The molecule has 0 aromatic heterocycles. The first-order chi connectivity index (χ1) is 13.4. The minimum Gasteiger partial charge on any atom is -0.496 e. The predicted molar refractivity (Wildman–Crippen MR) is 108 cm³/mol. The van der Waals surface area contributed by atoms with Crippen LogP contribution in [0.5, 0.6) is 5.75 Å². The summed E-state index contributed by atoms with van der Waals surface area (Å²) < 4.78 is 5.30. The van der Waals surface area contributed by atoms with Gasteiger partial charge in [-0.1, -0.05) is 24.3 Å². The zero-order valence-electron chi connectivity index (χ0n) is 16.3. The third-order valence-electron chi connectivity index (χ3n) is 4.07. The van der Waals surface area contributed by atoms with Gasteiger partial charge in [0.25, 0.3) is 0 Å². The summed E-state index contributed by atoms with van der Waals surface area (Å²) in [5.74, 6) is 0.0346. The number of hydrogen-bond acceptors (Lipinski definition) is 4. The van der Waals surface area contributed by atoms with E-state index in [-0.39, 0.29) is 24.3 Å². The molecule has 3 amide bonds. The molecular formula is C21H25N3O4. The van der Waals surface area contributed by atoms with Crippen LogP contribution < -0.4 is 20.3 Å². The Morgan fingerprint density at radius 3 is 2.46 bits per heavy atom. The van der Waals surface area contributed by atoms with Gasteiger partial charge >= 0.3 is 0 Å². The molecule has 2 aromatic carbocycles. The average molecular weight is 383 g/mol. The van der Waals surface area contributed by atoms with E-state index in [1.54, 1.807) is 31.4 Å². The molecule has 28 heavy (non-hydrogen) atoms. The van der Waals surface area contributed by atoms with Crippen LogP contribution in [0, 0.1) is 0 Å². The van der Waals surface area contributed by atoms with E-state index in [0.29, 0.717) is 24.3 Å². The van der Waals surface area contributed by atoms with Gasteiger partial charge in [0.1, 0.15) is 12.3 Å². The highest BCUT2D eigenvalue weighted by Gasteiger charge is 2.16. The molecule has 2 rings (SSSR count). The Morgan fingerprint density at radius 2 is 1.79 bits per heavy atom. The topological polar surface area (TPSA) is 87.7 Å². The van der Waals surface area contributed by atoms with Gasteiger partial charge in [0.15, 0.2) is 0 Å². The fourth-order valence-electron chi connectivity index (χ4n) is 2.78. The van der Waals surface area contributed by atoms with Crippen molar-refractivity contribution in [3.8, 4) is 5.75 Å². The number of nitrogens with zero attached hydrogens (tertiary/aromatic N) is 1. The SMILES string of the molecule is COc1ccccc1CCNC(=O)CN(C(C)=O)c1cccc(NC(C)=O)c1. The normalized spacial score (nSPS) is 10.1. The van der Waals surface area contributed by atoms with E-state index in [2.05, 4.69) is 10.6 Å². The largest absolute Gasteiger partial charge is 0.496 e. The van der Waals surface area contributed by atoms with Gasteiger partial charge in [-0.15, -0.1) is 0 Å². The lowest BCUT2D eigenvalue weighted by atomic mass is 10.1. The van der Waals surface area contributed by atoms with E-state index in [0.717, 1.165) is 11.3 Å². The molecule has 7 nitrogen and oxygen atoms in total. The van der Waals surface area contributed by atoms with E-state index in [9.17, 15) is 14.4 Å². The number of rotatable bonds is 8. The van der Waals surface area contributed by atoms with E-state index >= 15 is 0 Å². The van der Waals surface area contributed by atoms with Gasteiger partial charge in [-0.25, -0.2) is 0 Å². The molecule has 0 aliphatic heterocycles. The first kappa shape index (κ1) is 21.0. The number of ether oxygens (including phenoxy) is 1. The van der Waals surface area contributed by atoms with E-state index < -0.39 is 0 Å². The quantitative estimate of drug-likeness (QED) is 0.733. The van der Waals surface area contributed by atoms with Gasteiger partial charge in [0.05, 0.1) is 7.11 Å². The number of carbonyl (C=O) groups excluding carboxylic acids is 3. The van der Waals surface area contributed by atoms with E-state index in [4.69, 9.17) is 4.74 Å². The summed E-state index contributed by atoms with van der Waals surface area (Å²) in [5.41, 5.74) is 2.10. The second kappa shape index (κ2) is 10.1. The summed E-state index contributed by atoms with van der Waals surface area (Å²) in [6, 6.07) is 14.4. The predicted octanol–water partition coefficient (Wildman–Crippen LogP) is 2.37. The number of carbonyl (C=O) groups is 3. The molecule has 2 N–H and O–H groups in total. The van der Waals surface area contributed by atoms with Crippen molar-refractivity contribution in [1.82, 2.24) is 5.32 Å². The van der Waals surface area contributed by atoms with Gasteiger partial charge in [-0.3, -0.25) is 14.4 Å². The minimum absolute atomic E-state index is 0.106. The summed E-state index contributed by atoms with van der Waals surface area (Å²) in [5, 5.41) is 5.49. The van der Waals surface area contributed by atoms with Crippen LogP contribution in [0.4, 0.5) is 11.4 Å². The maximum Gasteiger partial charge on any atom is 0.240 e. The molecule has 0 unspecified atom stereocenters. The molecule has 148 valence electrons. The summed E-state index contributed by atoms with van der Waals surface area (Å²) in [6.07, 6.45) is 0.619. The van der Waals surface area contributed by atoms with Crippen molar-refractivity contribution in [3.63, 3.8) is 0 Å². The van der Waals surface area contributed by atoms with Crippen molar-refractivity contribution in [2.45, 2.75) is 20.3 Å². The second-order valence-corrected chi connectivity index (χ2v) is 6.25. The number of benzene rings is 2. The highest BCUT2D eigenvalue weighted by molar-refractivity contribution is 5.98. The number of methoxy groups -OCH3 is 1. The molecule has 7 heteroatoms. The molecule has 0 bridgehead atoms. The Hall–Kier alpha value is -3.35. The summed E-state index contributed by atoms with van der Waals surface area (Å²) in [7, 11) is 1.61. The van der Waals surface area contributed by atoms with Crippen molar-refractivity contribution in [2.75, 3.05) is 30.4 Å². The zero-order chi connectivity index (χ0) is 20.5. The van der Waals surface area contributed by atoms with Crippen molar-refractivity contribution in [3.05, 3.63) is 54.1 Å². The van der Waals surface area contributed by atoms with Gasteiger partial charge in [-0.2, -0.15) is 0 Å². The Labute approximate surface area is 164 Å². The van der Waals surface area contributed by atoms with Gasteiger partial charge < -0.3 is 20.3 Å². The molecule has 0 saturated carbocycles. The van der Waals surface area contributed by atoms with Crippen molar-refractivity contribution in [2.24, 2.45) is 0 Å². The summed E-state index contributed by atoms with van der Waals surface area (Å²) in [4.78, 5) is 37.0. The van der Waals surface area contributed by atoms with E-state index in [1.807, 2.05) is 24.3 Å². The van der Waals surface area contributed by atoms with Crippen LogP contribution in [-0.2, 0) is 20.8 Å². The van der Waals surface area contributed by atoms with Crippen LogP contribution in [0.25, 0.3) is 0 Å². The van der Waals surface area contributed by atoms with Crippen molar-refractivity contribution >= 4 is 29.1 Å². The molecule has 0 spiro atoms. The highest BCUT2D eigenvalue weighted by atomic mass is 16.5. The monoisotopic (exact) mass is 383 g/mol. The molecule has 0 radical (unpaired) electrons. The maximum atomic E-state index is 12.3. The van der Waals surface area contributed by atoms with Gasteiger partial charge in [0.2, 0.25) is 17.7 Å². The summed E-state index contributed by atoms with van der Waals surface area (Å²) >= 11 is 0. The van der Waals surface area contributed by atoms with E-state index in [1.165, 1.54) is 18.7 Å². The lowest BCUT2D eigenvalue weighted by Crippen LogP contribution is -2.40. The van der Waals surface area contributed by atoms with Crippen molar-refractivity contribution in [1.29, 1.82) is 0 Å².